The lowest BCUT2D eigenvalue weighted by Gasteiger charge is -2.15. The topological polar surface area (TPSA) is 86.8 Å². The van der Waals surface area contributed by atoms with Crippen molar-refractivity contribution in [1.82, 2.24) is 19.1 Å². The number of aryl methyl sites for hydroxylation is 1. The van der Waals surface area contributed by atoms with Crippen molar-refractivity contribution in [3.8, 4) is 22.8 Å². The maximum atomic E-state index is 13.7. The minimum absolute atomic E-state index is 0.0945. The highest BCUT2D eigenvalue weighted by atomic mass is 32.2. The van der Waals surface area contributed by atoms with E-state index in [1.165, 1.54) is 20.9 Å². The van der Waals surface area contributed by atoms with E-state index in [1.54, 1.807) is 0 Å². The lowest BCUT2D eigenvalue weighted by molar-refractivity contribution is -0.144. The van der Waals surface area contributed by atoms with Gasteiger partial charge in [-0.15, -0.1) is 0 Å². The summed E-state index contributed by atoms with van der Waals surface area (Å²) < 4.78 is 149. The molecule has 17 heteroatoms. The molecule has 226 valence electrons. The molecule has 1 aromatic carbocycles. The Morgan fingerprint density at radius 3 is 1.86 bits per heavy atom. The summed E-state index contributed by atoms with van der Waals surface area (Å²) in [5.41, 5.74) is -8.39. The minimum Gasteiger partial charge on any atom is -0.321 e. The third-order valence-corrected chi connectivity index (χ3v) is 8.17. The van der Waals surface area contributed by atoms with Crippen molar-refractivity contribution in [3.63, 3.8) is 0 Å². The first-order valence-corrected chi connectivity index (χ1v) is 13.6. The lowest BCUT2D eigenvalue weighted by Crippen LogP contribution is -2.28. The van der Waals surface area contributed by atoms with Gasteiger partial charge in [-0.05, 0) is 43.3 Å². The second kappa shape index (κ2) is 10.1. The first-order chi connectivity index (χ1) is 19.2. The molecule has 0 aliphatic rings. The fourth-order valence-electron chi connectivity index (χ4n) is 4.36. The summed E-state index contributed by atoms with van der Waals surface area (Å²) in [6, 6.07) is 3.05. The highest BCUT2D eigenvalue weighted by Gasteiger charge is 2.38. The van der Waals surface area contributed by atoms with E-state index >= 15 is 0 Å². The van der Waals surface area contributed by atoms with Crippen LogP contribution in [0.4, 0.5) is 39.5 Å². The summed E-state index contributed by atoms with van der Waals surface area (Å²) in [7, 11) is -3.00. The SMILES string of the molecule is CCn1c(C(F)(F)F)cc2nc(-c3nc(-c4cc(C(F)(F)F)cc(C(F)(F)F)c4)ccc3S(=O)(=O)CC)n(C)c2c1=O. The number of alkyl halides is 9. The lowest BCUT2D eigenvalue weighted by atomic mass is 10.0. The van der Waals surface area contributed by atoms with Crippen LogP contribution >= 0.6 is 0 Å². The highest BCUT2D eigenvalue weighted by molar-refractivity contribution is 7.91. The van der Waals surface area contributed by atoms with Gasteiger partial charge in [0.1, 0.15) is 16.9 Å². The highest BCUT2D eigenvalue weighted by Crippen LogP contribution is 2.39. The van der Waals surface area contributed by atoms with Gasteiger partial charge in [0, 0.05) is 19.2 Å². The number of hydrogen-bond donors (Lipinski definition) is 0. The summed E-state index contributed by atoms with van der Waals surface area (Å²) in [5.74, 6) is -0.978. The summed E-state index contributed by atoms with van der Waals surface area (Å²) in [6.45, 7) is 2.16. The number of rotatable bonds is 5. The molecule has 0 bridgehead atoms. The molecule has 0 aliphatic heterocycles. The van der Waals surface area contributed by atoms with Crippen molar-refractivity contribution in [2.45, 2.75) is 43.8 Å². The number of imidazole rings is 1. The van der Waals surface area contributed by atoms with E-state index in [2.05, 4.69) is 9.97 Å². The maximum absolute atomic E-state index is 13.7. The van der Waals surface area contributed by atoms with Gasteiger partial charge in [0.2, 0.25) is 0 Å². The van der Waals surface area contributed by atoms with E-state index in [4.69, 9.17) is 0 Å². The van der Waals surface area contributed by atoms with Crippen molar-refractivity contribution in [1.29, 1.82) is 0 Å². The largest absolute Gasteiger partial charge is 0.431 e. The van der Waals surface area contributed by atoms with Crippen molar-refractivity contribution in [3.05, 3.63) is 63.6 Å². The van der Waals surface area contributed by atoms with Gasteiger partial charge >= 0.3 is 18.5 Å². The van der Waals surface area contributed by atoms with Gasteiger partial charge < -0.3 is 9.13 Å². The Labute approximate surface area is 231 Å². The standard InChI is InChI=1S/C25H19F9N4O3S/c1-4-38-18(25(32,33)34)11-16-20(22(38)39)37(3)21(36-16)19-17(42(40,41)5-2)7-6-15(35-19)12-8-13(23(26,27)28)10-14(9-12)24(29,30)31/h6-11H,4-5H2,1-3H3. The summed E-state index contributed by atoms with van der Waals surface area (Å²) >= 11 is 0. The Hall–Kier alpha value is -3.89. The second-order valence-electron chi connectivity index (χ2n) is 9.05. The molecule has 0 amide bonds. The van der Waals surface area contributed by atoms with Crippen LogP contribution in [0.5, 0.6) is 0 Å². The van der Waals surface area contributed by atoms with E-state index in [1.807, 2.05) is 0 Å². The Kier molecular flexibility index (Phi) is 7.49. The van der Waals surface area contributed by atoms with Gasteiger partial charge in [-0.1, -0.05) is 6.92 Å². The molecule has 0 spiro atoms. The Bertz CT molecular complexity index is 1840. The number of benzene rings is 1. The molecule has 0 saturated heterocycles. The first kappa shape index (κ1) is 31.1. The third-order valence-electron chi connectivity index (χ3n) is 6.41. The van der Waals surface area contributed by atoms with Crippen molar-refractivity contribution < 1.29 is 47.9 Å². The van der Waals surface area contributed by atoms with Crippen LogP contribution < -0.4 is 5.56 Å². The van der Waals surface area contributed by atoms with E-state index < -0.39 is 89.7 Å². The van der Waals surface area contributed by atoms with Crippen molar-refractivity contribution >= 4 is 20.9 Å². The third kappa shape index (κ3) is 5.48. The molecular weight excluding hydrogens is 607 g/mol. The molecule has 0 fully saturated rings. The number of halogens is 9. The van der Waals surface area contributed by atoms with Gasteiger partial charge in [0.05, 0.1) is 33.0 Å². The number of pyridine rings is 2. The Morgan fingerprint density at radius 1 is 0.810 bits per heavy atom. The Balaban J connectivity index is 2.09. The molecule has 3 aromatic heterocycles. The molecule has 7 nitrogen and oxygen atoms in total. The molecule has 0 aliphatic carbocycles. The van der Waals surface area contributed by atoms with Gasteiger partial charge in [-0.2, -0.15) is 39.5 Å². The summed E-state index contributed by atoms with van der Waals surface area (Å²) in [5, 5.41) is 0. The number of sulfone groups is 1. The van der Waals surface area contributed by atoms with Crippen LogP contribution in [0.3, 0.4) is 0 Å². The zero-order valence-corrected chi connectivity index (χ0v) is 22.5. The summed E-state index contributed by atoms with van der Waals surface area (Å²) in [6.07, 6.45) is -15.3. The van der Waals surface area contributed by atoms with Crippen molar-refractivity contribution in [2.75, 3.05) is 5.75 Å². The maximum Gasteiger partial charge on any atom is 0.431 e. The molecule has 0 radical (unpaired) electrons. The smallest absolute Gasteiger partial charge is 0.321 e. The summed E-state index contributed by atoms with van der Waals surface area (Å²) in [4.78, 5) is 20.5. The molecule has 4 rings (SSSR count). The molecular formula is C25H19F9N4O3S. The molecule has 0 atom stereocenters. The predicted molar refractivity (Wildman–Crippen MR) is 132 cm³/mol. The van der Waals surface area contributed by atoms with E-state index in [-0.39, 0.29) is 18.1 Å². The fraction of sp³-hybridized carbons (Fsp3) is 0.320. The fourth-order valence-corrected chi connectivity index (χ4v) is 5.37. The van der Waals surface area contributed by atoms with Gasteiger partial charge in [0.25, 0.3) is 5.56 Å². The monoisotopic (exact) mass is 626 g/mol. The van der Waals surface area contributed by atoms with Gasteiger partial charge in [0.15, 0.2) is 15.7 Å². The van der Waals surface area contributed by atoms with E-state index in [0.29, 0.717) is 22.8 Å². The molecule has 0 saturated carbocycles. The zero-order chi connectivity index (χ0) is 31.6. The van der Waals surface area contributed by atoms with E-state index in [9.17, 15) is 52.7 Å². The minimum atomic E-state index is -5.18. The Morgan fingerprint density at radius 2 is 1.38 bits per heavy atom. The number of hydrogen-bond acceptors (Lipinski definition) is 5. The molecule has 4 aromatic rings. The van der Waals surface area contributed by atoms with Crippen LogP contribution in [0.25, 0.3) is 33.8 Å². The normalized spacial score (nSPS) is 13.2. The van der Waals surface area contributed by atoms with Crippen LogP contribution in [0.2, 0.25) is 0 Å². The molecule has 42 heavy (non-hydrogen) atoms. The van der Waals surface area contributed by atoms with E-state index in [0.717, 1.165) is 16.7 Å². The van der Waals surface area contributed by atoms with Crippen LogP contribution in [0, 0.1) is 0 Å². The van der Waals surface area contributed by atoms with Crippen LogP contribution in [-0.2, 0) is 42.0 Å². The molecule has 0 unspecified atom stereocenters. The van der Waals surface area contributed by atoms with Crippen LogP contribution in [-0.4, -0.2) is 33.3 Å². The van der Waals surface area contributed by atoms with Crippen molar-refractivity contribution in [2.24, 2.45) is 7.05 Å². The van der Waals surface area contributed by atoms with Crippen LogP contribution in [0.1, 0.15) is 30.7 Å². The van der Waals surface area contributed by atoms with Gasteiger partial charge in [-0.3, -0.25) is 4.79 Å². The quantitative estimate of drug-likeness (QED) is 0.242. The molecule has 0 N–H and O–H groups in total. The predicted octanol–water partition coefficient (Wildman–Crippen LogP) is 6.33. The first-order valence-electron chi connectivity index (χ1n) is 11.9. The molecule has 3 heterocycles. The number of aromatic nitrogens is 4. The van der Waals surface area contributed by atoms with Crippen LogP contribution in [0.15, 0.2) is 46.1 Å². The average molecular weight is 627 g/mol. The number of nitrogens with zero attached hydrogens (tertiary/aromatic N) is 4. The average Bonchev–Trinajstić information content (AvgIpc) is 3.22. The van der Waals surface area contributed by atoms with Gasteiger partial charge in [-0.25, -0.2) is 18.4 Å². The second-order valence-corrected chi connectivity index (χ2v) is 11.3. The number of fused-ring (bicyclic) bond motifs is 1. The zero-order valence-electron chi connectivity index (χ0n) is 21.7.